The maximum absolute atomic E-state index is 11.7. The second kappa shape index (κ2) is 7.85. The molecule has 0 bridgehead atoms. The molecule has 0 heterocycles. The lowest BCUT2D eigenvalue weighted by Gasteiger charge is -2.19. The molecule has 5 nitrogen and oxygen atoms in total. The van der Waals surface area contributed by atoms with E-state index in [2.05, 4.69) is 11.4 Å². The van der Waals surface area contributed by atoms with Crippen LogP contribution >= 0.6 is 0 Å². The van der Waals surface area contributed by atoms with Gasteiger partial charge in [0.2, 0.25) is 0 Å². The number of rotatable bonds is 6. The molecule has 2 aromatic rings. The third-order valence-electron chi connectivity index (χ3n) is 3.47. The van der Waals surface area contributed by atoms with Gasteiger partial charge in [0.15, 0.2) is 0 Å². The maximum atomic E-state index is 11.7. The minimum Gasteiger partial charge on any atom is -0.497 e. The summed E-state index contributed by atoms with van der Waals surface area (Å²) >= 11 is 0. The van der Waals surface area contributed by atoms with Crippen molar-refractivity contribution in [2.75, 3.05) is 19.5 Å². The fourth-order valence-electron chi connectivity index (χ4n) is 2.18. The van der Waals surface area contributed by atoms with E-state index in [1.807, 2.05) is 36.4 Å². The molecule has 118 valence electrons. The molecule has 0 saturated carbocycles. The van der Waals surface area contributed by atoms with E-state index in [9.17, 15) is 4.79 Å². The number of carbonyl (C=O) groups excluding carboxylic acids is 1. The highest BCUT2D eigenvalue weighted by Gasteiger charge is 2.16. The van der Waals surface area contributed by atoms with E-state index in [4.69, 9.17) is 14.7 Å². The van der Waals surface area contributed by atoms with Gasteiger partial charge in [-0.3, -0.25) is 4.79 Å². The molecule has 0 aliphatic heterocycles. The molecule has 2 aromatic carbocycles. The van der Waals surface area contributed by atoms with Crippen LogP contribution in [0.15, 0.2) is 48.5 Å². The molecule has 0 aromatic heterocycles. The number of benzene rings is 2. The molecular formula is C18H18N2O3. The summed E-state index contributed by atoms with van der Waals surface area (Å²) in [5.41, 5.74) is 2.35. The average Bonchev–Trinajstić information content (AvgIpc) is 2.61. The summed E-state index contributed by atoms with van der Waals surface area (Å²) < 4.78 is 9.90. The zero-order valence-corrected chi connectivity index (χ0v) is 13.1. The standard InChI is InChI=1S/C18H18N2O3/c1-22-16-9-7-15(8-10-16)20-17(11-18(21)23-2)14-5-3-13(12-19)4-6-14/h3-10,17,20H,11H2,1-2H3. The van der Waals surface area contributed by atoms with E-state index < -0.39 is 0 Å². The predicted molar refractivity (Wildman–Crippen MR) is 87.1 cm³/mol. The van der Waals surface area contributed by atoms with E-state index in [0.29, 0.717) is 5.56 Å². The number of nitriles is 1. The summed E-state index contributed by atoms with van der Waals surface area (Å²) in [5.74, 6) is 0.457. The average molecular weight is 310 g/mol. The van der Waals surface area contributed by atoms with Crippen LogP contribution in [0.4, 0.5) is 5.69 Å². The highest BCUT2D eigenvalue weighted by atomic mass is 16.5. The summed E-state index contributed by atoms with van der Waals surface area (Å²) in [4.78, 5) is 11.7. The van der Waals surface area contributed by atoms with Gasteiger partial charge in [-0.1, -0.05) is 12.1 Å². The minimum atomic E-state index is -0.305. The lowest BCUT2D eigenvalue weighted by atomic mass is 10.0. The second-order valence-corrected chi connectivity index (χ2v) is 4.94. The van der Waals surface area contributed by atoms with Gasteiger partial charge in [-0.15, -0.1) is 0 Å². The molecular weight excluding hydrogens is 292 g/mol. The second-order valence-electron chi connectivity index (χ2n) is 4.94. The van der Waals surface area contributed by atoms with Crippen LogP contribution in [0.25, 0.3) is 0 Å². The summed E-state index contributed by atoms with van der Waals surface area (Å²) in [6.45, 7) is 0. The molecule has 2 rings (SSSR count). The van der Waals surface area contributed by atoms with Crippen LogP contribution in [0.2, 0.25) is 0 Å². The van der Waals surface area contributed by atoms with Crippen molar-refractivity contribution < 1.29 is 14.3 Å². The molecule has 0 radical (unpaired) electrons. The first-order chi connectivity index (χ1) is 11.2. The van der Waals surface area contributed by atoms with Crippen LogP contribution < -0.4 is 10.1 Å². The first kappa shape index (κ1) is 16.4. The van der Waals surface area contributed by atoms with Gasteiger partial charge in [0, 0.05) is 5.69 Å². The number of esters is 1. The number of hydrogen-bond donors (Lipinski definition) is 1. The minimum absolute atomic E-state index is 0.189. The fourth-order valence-corrected chi connectivity index (χ4v) is 2.18. The predicted octanol–water partition coefficient (Wildman–Crippen LogP) is 3.28. The highest BCUT2D eigenvalue weighted by molar-refractivity contribution is 5.71. The van der Waals surface area contributed by atoms with Gasteiger partial charge in [0.05, 0.1) is 38.3 Å². The largest absolute Gasteiger partial charge is 0.497 e. The number of nitrogens with one attached hydrogen (secondary N) is 1. The SMILES string of the molecule is COC(=O)CC(Nc1ccc(OC)cc1)c1ccc(C#N)cc1. The monoisotopic (exact) mass is 310 g/mol. The van der Waals surface area contributed by atoms with Gasteiger partial charge in [0.1, 0.15) is 5.75 Å². The Morgan fingerprint density at radius 1 is 1.13 bits per heavy atom. The van der Waals surface area contributed by atoms with Gasteiger partial charge in [0.25, 0.3) is 0 Å². The van der Waals surface area contributed by atoms with Crippen molar-refractivity contribution in [2.45, 2.75) is 12.5 Å². The Bertz CT molecular complexity index is 688. The quantitative estimate of drug-likeness (QED) is 0.829. The summed E-state index contributed by atoms with van der Waals surface area (Å²) in [6, 6.07) is 16.4. The number of methoxy groups -OCH3 is 2. The number of carbonyl (C=O) groups is 1. The third kappa shape index (κ3) is 4.48. The normalized spacial score (nSPS) is 11.2. The first-order valence-electron chi connectivity index (χ1n) is 7.13. The Morgan fingerprint density at radius 2 is 1.78 bits per heavy atom. The highest BCUT2D eigenvalue weighted by Crippen LogP contribution is 2.25. The van der Waals surface area contributed by atoms with Crippen LogP contribution in [0.1, 0.15) is 23.6 Å². The molecule has 0 amide bonds. The Labute approximate surface area is 135 Å². The van der Waals surface area contributed by atoms with Crippen molar-refractivity contribution in [2.24, 2.45) is 0 Å². The zero-order chi connectivity index (χ0) is 16.7. The van der Waals surface area contributed by atoms with Gasteiger partial charge in [-0.05, 0) is 42.0 Å². The van der Waals surface area contributed by atoms with Gasteiger partial charge < -0.3 is 14.8 Å². The van der Waals surface area contributed by atoms with Crippen LogP contribution in [-0.4, -0.2) is 20.2 Å². The molecule has 0 fully saturated rings. The zero-order valence-electron chi connectivity index (χ0n) is 13.1. The van der Waals surface area contributed by atoms with E-state index in [-0.39, 0.29) is 18.4 Å². The molecule has 0 aliphatic carbocycles. The molecule has 1 atom stereocenters. The van der Waals surface area contributed by atoms with Crippen molar-refractivity contribution in [1.29, 1.82) is 5.26 Å². The Kier molecular flexibility index (Phi) is 5.59. The van der Waals surface area contributed by atoms with Crippen molar-refractivity contribution in [1.82, 2.24) is 0 Å². The van der Waals surface area contributed by atoms with Crippen molar-refractivity contribution in [3.63, 3.8) is 0 Å². The van der Waals surface area contributed by atoms with Crippen LogP contribution in [0.5, 0.6) is 5.75 Å². The van der Waals surface area contributed by atoms with Crippen LogP contribution in [0.3, 0.4) is 0 Å². The van der Waals surface area contributed by atoms with Crippen molar-refractivity contribution >= 4 is 11.7 Å². The van der Waals surface area contributed by atoms with E-state index in [1.54, 1.807) is 19.2 Å². The summed E-state index contributed by atoms with van der Waals surface area (Å²) in [5, 5.41) is 12.2. The van der Waals surface area contributed by atoms with E-state index in [0.717, 1.165) is 17.0 Å². The van der Waals surface area contributed by atoms with Gasteiger partial charge >= 0.3 is 5.97 Å². The maximum Gasteiger partial charge on any atom is 0.307 e. The van der Waals surface area contributed by atoms with E-state index in [1.165, 1.54) is 7.11 Å². The number of hydrogen-bond acceptors (Lipinski definition) is 5. The van der Waals surface area contributed by atoms with Crippen molar-refractivity contribution in [3.8, 4) is 11.8 Å². The first-order valence-corrected chi connectivity index (χ1v) is 7.13. The molecule has 0 spiro atoms. The summed E-state index contributed by atoms with van der Waals surface area (Å²) in [7, 11) is 2.98. The van der Waals surface area contributed by atoms with Crippen LogP contribution in [-0.2, 0) is 9.53 Å². The number of nitrogens with zero attached hydrogens (tertiary/aromatic N) is 1. The fraction of sp³-hybridized carbons (Fsp3) is 0.222. The van der Waals surface area contributed by atoms with Crippen LogP contribution in [0, 0.1) is 11.3 Å². The molecule has 1 unspecified atom stereocenters. The molecule has 1 N–H and O–H groups in total. The smallest absolute Gasteiger partial charge is 0.307 e. The number of ether oxygens (including phenoxy) is 2. The Balaban J connectivity index is 2.21. The molecule has 0 saturated heterocycles. The Hall–Kier alpha value is -3.00. The number of anilines is 1. The molecule has 5 heteroatoms. The third-order valence-corrected chi connectivity index (χ3v) is 3.47. The van der Waals surface area contributed by atoms with Gasteiger partial charge in [-0.25, -0.2) is 0 Å². The summed E-state index contributed by atoms with van der Waals surface area (Å²) in [6.07, 6.45) is 0.189. The lowest BCUT2D eigenvalue weighted by molar-refractivity contribution is -0.140. The lowest BCUT2D eigenvalue weighted by Crippen LogP contribution is -2.16. The molecule has 0 aliphatic rings. The van der Waals surface area contributed by atoms with Gasteiger partial charge in [-0.2, -0.15) is 5.26 Å². The molecule has 23 heavy (non-hydrogen) atoms. The van der Waals surface area contributed by atoms with Crippen molar-refractivity contribution in [3.05, 3.63) is 59.7 Å². The Morgan fingerprint density at radius 3 is 2.30 bits per heavy atom. The topological polar surface area (TPSA) is 71.3 Å². The van der Waals surface area contributed by atoms with E-state index >= 15 is 0 Å².